The predicted octanol–water partition coefficient (Wildman–Crippen LogP) is 5.38. The second kappa shape index (κ2) is 7.22. The Bertz CT molecular complexity index is 435. The zero-order valence-corrected chi connectivity index (χ0v) is 13.6. The van der Waals surface area contributed by atoms with Crippen molar-refractivity contribution >= 4 is 43.6 Å². The minimum Gasteiger partial charge on any atom is -0.493 e. The average molecular weight is 388 g/mol. The zero-order chi connectivity index (χ0) is 12.8. The fraction of sp³-hybridized carbons (Fsp3) is 0.143. The number of hydrogen-bond acceptors (Lipinski definition) is 2. The molecule has 0 saturated carbocycles. The molecule has 0 atom stereocenters. The summed E-state index contributed by atoms with van der Waals surface area (Å²) in [6, 6.07) is 16.2. The van der Waals surface area contributed by atoms with Crippen molar-refractivity contribution in [3.8, 4) is 5.75 Å². The molecule has 0 aliphatic rings. The number of halogens is 2. The van der Waals surface area contributed by atoms with Gasteiger partial charge >= 0.3 is 0 Å². The van der Waals surface area contributed by atoms with Crippen molar-refractivity contribution in [3.63, 3.8) is 0 Å². The van der Waals surface area contributed by atoms with Crippen LogP contribution in [0.4, 0.5) is 0 Å². The van der Waals surface area contributed by atoms with E-state index in [0.717, 1.165) is 20.4 Å². The largest absolute Gasteiger partial charge is 0.493 e. The Labute approximate surface area is 128 Å². The van der Waals surface area contributed by atoms with Crippen molar-refractivity contribution in [1.29, 1.82) is 0 Å². The first-order valence-corrected chi connectivity index (χ1v) is 8.08. The fourth-order valence-electron chi connectivity index (χ4n) is 1.38. The summed E-state index contributed by atoms with van der Waals surface area (Å²) >= 11 is 8.62. The van der Waals surface area contributed by atoms with E-state index in [1.54, 1.807) is 11.8 Å². The van der Waals surface area contributed by atoms with Crippen LogP contribution in [0.15, 0.2) is 62.4 Å². The van der Waals surface area contributed by atoms with Crippen LogP contribution in [-0.2, 0) is 0 Å². The van der Waals surface area contributed by atoms with Gasteiger partial charge in [0, 0.05) is 19.6 Å². The van der Waals surface area contributed by atoms with Crippen molar-refractivity contribution in [2.24, 2.45) is 0 Å². The summed E-state index contributed by atoms with van der Waals surface area (Å²) in [6.45, 7) is 0.711. The molecule has 94 valence electrons. The second-order valence-corrected chi connectivity index (χ2v) is 6.60. The Balaban J connectivity index is 1.73. The van der Waals surface area contributed by atoms with Gasteiger partial charge in [0.1, 0.15) is 5.75 Å². The minimum atomic E-state index is 0.711. The van der Waals surface area contributed by atoms with Gasteiger partial charge in [0.15, 0.2) is 0 Å². The van der Waals surface area contributed by atoms with Gasteiger partial charge in [-0.3, -0.25) is 0 Å². The number of rotatable bonds is 5. The first-order chi connectivity index (χ1) is 8.74. The molecule has 0 spiro atoms. The lowest BCUT2D eigenvalue weighted by atomic mass is 10.3. The molecule has 0 aliphatic heterocycles. The van der Waals surface area contributed by atoms with E-state index < -0.39 is 0 Å². The molecular formula is C14H12Br2OS. The van der Waals surface area contributed by atoms with Gasteiger partial charge in [-0.15, -0.1) is 11.8 Å². The Morgan fingerprint density at radius 3 is 2.00 bits per heavy atom. The lowest BCUT2D eigenvalue weighted by Gasteiger charge is -2.06. The van der Waals surface area contributed by atoms with Crippen molar-refractivity contribution in [3.05, 3.63) is 57.5 Å². The summed E-state index contributed by atoms with van der Waals surface area (Å²) in [5, 5.41) is 0. The zero-order valence-electron chi connectivity index (χ0n) is 9.61. The molecule has 0 heterocycles. The van der Waals surface area contributed by atoms with Crippen LogP contribution in [-0.4, -0.2) is 12.4 Å². The van der Waals surface area contributed by atoms with Gasteiger partial charge in [-0.05, 0) is 48.5 Å². The van der Waals surface area contributed by atoms with Crippen molar-refractivity contribution in [2.45, 2.75) is 4.90 Å². The average Bonchev–Trinajstić information content (AvgIpc) is 2.39. The van der Waals surface area contributed by atoms with Crippen molar-refractivity contribution < 1.29 is 4.74 Å². The monoisotopic (exact) mass is 386 g/mol. The molecule has 0 N–H and O–H groups in total. The number of hydrogen-bond donors (Lipinski definition) is 0. The highest BCUT2D eigenvalue weighted by molar-refractivity contribution is 9.10. The van der Waals surface area contributed by atoms with E-state index in [1.165, 1.54) is 4.90 Å². The van der Waals surface area contributed by atoms with E-state index in [9.17, 15) is 0 Å². The van der Waals surface area contributed by atoms with Crippen LogP contribution in [0.5, 0.6) is 5.75 Å². The van der Waals surface area contributed by atoms with Gasteiger partial charge in [0.05, 0.1) is 6.61 Å². The lowest BCUT2D eigenvalue weighted by molar-refractivity contribution is 0.344. The Hall–Kier alpha value is -0.450. The molecule has 0 radical (unpaired) electrons. The molecule has 2 rings (SSSR count). The van der Waals surface area contributed by atoms with Gasteiger partial charge in [-0.1, -0.05) is 31.9 Å². The van der Waals surface area contributed by atoms with E-state index in [4.69, 9.17) is 4.74 Å². The summed E-state index contributed by atoms with van der Waals surface area (Å²) in [6.07, 6.45) is 0. The summed E-state index contributed by atoms with van der Waals surface area (Å²) in [5.74, 6) is 1.85. The molecule has 0 unspecified atom stereocenters. The third-order valence-corrected chi connectivity index (χ3v) is 4.28. The summed E-state index contributed by atoms with van der Waals surface area (Å²) in [4.78, 5) is 1.26. The van der Waals surface area contributed by atoms with E-state index in [-0.39, 0.29) is 0 Å². The Morgan fingerprint density at radius 2 is 1.39 bits per heavy atom. The Morgan fingerprint density at radius 1 is 0.833 bits per heavy atom. The van der Waals surface area contributed by atoms with Crippen LogP contribution < -0.4 is 4.74 Å². The third-order valence-electron chi connectivity index (χ3n) is 2.25. The predicted molar refractivity (Wildman–Crippen MR) is 84.5 cm³/mol. The van der Waals surface area contributed by atoms with Crippen LogP contribution >= 0.6 is 43.6 Å². The standard InChI is InChI=1S/C14H12Br2OS/c15-11-1-5-13(6-2-11)17-9-10-18-14-7-3-12(16)4-8-14/h1-8H,9-10H2. The van der Waals surface area contributed by atoms with E-state index in [0.29, 0.717) is 6.61 Å². The van der Waals surface area contributed by atoms with E-state index in [1.807, 2.05) is 24.3 Å². The number of benzene rings is 2. The SMILES string of the molecule is Brc1ccc(OCCSc2ccc(Br)cc2)cc1. The molecular weight excluding hydrogens is 376 g/mol. The molecule has 0 bridgehead atoms. The molecule has 2 aromatic rings. The highest BCUT2D eigenvalue weighted by Crippen LogP contribution is 2.21. The maximum absolute atomic E-state index is 5.66. The van der Waals surface area contributed by atoms with Gasteiger partial charge < -0.3 is 4.74 Å². The molecule has 1 nitrogen and oxygen atoms in total. The molecule has 4 heteroatoms. The van der Waals surface area contributed by atoms with Gasteiger partial charge in [0.25, 0.3) is 0 Å². The van der Waals surface area contributed by atoms with Crippen LogP contribution in [0, 0.1) is 0 Å². The smallest absolute Gasteiger partial charge is 0.119 e. The molecule has 0 aliphatic carbocycles. The molecule has 0 saturated heterocycles. The van der Waals surface area contributed by atoms with Crippen LogP contribution in [0.2, 0.25) is 0 Å². The first-order valence-electron chi connectivity index (χ1n) is 5.51. The van der Waals surface area contributed by atoms with E-state index in [2.05, 4.69) is 56.1 Å². The van der Waals surface area contributed by atoms with Crippen LogP contribution in [0.25, 0.3) is 0 Å². The quantitative estimate of drug-likeness (QED) is 0.502. The maximum Gasteiger partial charge on any atom is 0.119 e. The van der Waals surface area contributed by atoms with Gasteiger partial charge in [-0.25, -0.2) is 0 Å². The molecule has 18 heavy (non-hydrogen) atoms. The van der Waals surface area contributed by atoms with Crippen molar-refractivity contribution in [2.75, 3.05) is 12.4 Å². The minimum absolute atomic E-state index is 0.711. The van der Waals surface area contributed by atoms with E-state index >= 15 is 0 Å². The van der Waals surface area contributed by atoms with Crippen LogP contribution in [0.3, 0.4) is 0 Å². The molecule has 2 aromatic carbocycles. The molecule has 0 aromatic heterocycles. The third kappa shape index (κ3) is 4.67. The van der Waals surface area contributed by atoms with Crippen molar-refractivity contribution in [1.82, 2.24) is 0 Å². The Kier molecular flexibility index (Phi) is 5.60. The number of thioether (sulfide) groups is 1. The van der Waals surface area contributed by atoms with Crippen LogP contribution in [0.1, 0.15) is 0 Å². The molecule has 0 fully saturated rings. The normalized spacial score (nSPS) is 10.3. The summed E-state index contributed by atoms with van der Waals surface area (Å²) in [5.41, 5.74) is 0. The summed E-state index contributed by atoms with van der Waals surface area (Å²) < 4.78 is 7.83. The fourth-order valence-corrected chi connectivity index (χ4v) is 2.64. The molecule has 0 amide bonds. The first kappa shape index (κ1) is 14.0. The summed E-state index contributed by atoms with van der Waals surface area (Å²) in [7, 11) is 0. The topological polar surface area (TPSA) is 9.23 Å². The highest BCUT2D eigenvalue weighted by atomic mass is 79.9. The lowest BCUT2D eigenvalue weighted by Crippen LogP contribution is -1.99. The maximum atomic E-state index is 5.66. The highest BCUT2D eigenvalue weighted by Gasteiger charge is 1.96. The van der Waals surface area contributed by atoms with Gasteiger partial charge in [0.2, 0.25) is 0 Å². The van der Waals surface area contributed by atoms with Gasteiger partial charge in [-0.2, -0.15) is 0 Å². The second-order valence-electron chi connectivity index (χ2n) is 3.60. The number of ether oxygens (including phenoxy) is 1.